The minimum absolute atomic E-state index is 0.194. The van der Waals surface area contributed by atoms with Crippen molar-refractivity contribution < 1.29 is 24.5 Å². The fourth-order valence-electron chi connectivity index (χ4n) is 5.75. The van der Waals surface area contributed by atoms with Crippen molar-refractivity contribution >= 4 is 5.78 Å². The number of carbonyl (C=O) groups is 1. The average Bonchev–Trinajstić information content (AvgIpc) is 2.71. The van der Waals surface area contributed by atoms with Gasteiger partial charge < -0.3 is 19.7 Å². The Morgan fingerprint density at radius 1 is 1.03 bits per heavy atom. The first kappa shape index (κ1) is 27.6. The lowest BCUT2D eigenvalue weighted by Gasteiger charge is -2.63. The highest BCUT2D eigenvalue weighted by Crippen LogP contribution is 2.65. The molecule has 2 N–H and O–H groups in total. The van der Waals surface area contributed by atoms with Crippen LogP contribution in [0.2, 0.25) is 0 Å². The molecular formula is C28H44O5. The third-order valence-corrected chi connectivity index (χ3v) is 7.63. The van der Waals surface area contributed by atoms with Gasteiger partial charge in [0.25, 0.3) is 0 Å². The number of carbonyl (C=O) groups excluding carboxylic acids is 1. The summed E-state index contributed by atoms with van der Waals surface area (Å²) < 4.78 is 11.8. The molecule has 2 aliphatic carbocycles. The lowest BCUT2D eigenvalue weighted by atomic mass is 9.46. The van der Waals surface area contributed by atoms with E-state index in [9.17, 15) is 15.0 Å². The van der Waals surface area contributed by atoms with Gasteiger partial charge in [-0.05, 0) is 73.6 Å². The molecule has 0 amide bonds. The molecule has 2 bridgehead atoms. The Morgan fingerprint density at radius 3 is 2.09 bits per heavy atom. The molecule has 0 aliphatic heterocycles. The molecule has 5 atom stereocenters. The minimum atomic E-state index is -1.80. The third kappa shape index (κ3) is 4.78. The predicted molar refractivity (Wildman–Crippen MR) is 132 cm³/mol. The first-order valence-electron chi connectivity index (χ1n) is 12.0. The Labute approximate surface area is 200 Å². The van der Waals surface area contributed by atoms with E-state index in [1.54, 1.807) is 7.11 Å². The molecule has 0 heterocycles. The molecule has 0 aromatic carbocycles. The van der Waals surface area contributed by atoms with Crippen LogP contribution >= 0.6 is 0 Å². The van der Waals surface area contributed by atoms with Crippen LogP contribution in [0.4, 0.5) is 0 Å². The molecule has 33 heavy (non-hydrogen) atoms. The Balaban J connectivity index is 2.83. The van der Waals surface area contributed by atoms with Crippen LogP contribution in [0.15, 0.2) is 46.3 Å². The van der Waals surface area contributed by atoms with Crippen LogP contribution in [0.3, 0.4) is 0 Å². The molecule has 4 unspecified atom stereocenters. The topological polar surface area (TPSA) is 76.0 Å². The second kappa shape index (κ2) is 10.3. The highest BCUT2D eigenvalue weighted by molar-refractivity contribution is 6.01. The SMILES string of the molecule is COC1=C(CC=C(C)C)C(=O)C2C(C)(CCC=C(C)C)C(O)CC1(CC=C(C)C)[C@@]2(O)OC. The number of fused-ring (bicyclic) bond motifs is 2. The fraction of sp³-hybridized carbons (Fsp3) is 0.679. The number of allylic oxidation sites excluding steroid dienone is 7. The number of ketones is 1. The summed E-state index contributed by atoms with van der Waals surface area (Å²) in [5, 5.41) is 23.8. The zero-order valence-corrected chi connectivity index (χ0v) is 22.0. The van der Waals surface area contributed by atoms with E-state index in [0.717, 1.165) is 11.1 Å². The number of hydrogen-bond donors (Lipinski definition) is 2. The third-order valence-electron chi connectivity index (χ3n) is 7.63. The van der Waals surface area contributed by atoms with Gasteiger partial charge in [0.15, 0.2) is 11.6 Å². The summed E-state index contributed by atoms with van der Waals surface area (Å²) in [7, 11) is 3.00. The molecule has 0 aromatic rings. The van der Waals surface area contributed by atoms with Crippen molar-refractivity contribution in [1.82, 2.24) is 0 Å². The number of methoxy groups -OCH3 is 2. The van der Waals surface area contributed by atoms with Crippen LogP contribution in [-0.2, 0) is 14.3 Å². The van der Waals surface area contributed by atoms with Gasteiger partial charge in [-0.1, -0.05) is 41.9 Å². The number of hydrogen-bond acceptors (Lipinski definition) is 5. The van der Waals surface area contributed by atoms with Crippen LogP contribution in [0.5, 0.6) is 0 Å². The van der Waals surface area contributed by atoms with Gasteiger partial charge in [-0.25, -0.2) is 0 Å². The summed E-state index contributed by atoms with van der Waals surface area (Å²) in [6.45, 7) is 14.0. The van der Waals surface area contributed by atoms with Crippen molar-refractivity contribution in [3.05, 3.63) is 46.3 Å². The minimum Gasteiger partial charge on any atom is -0.500 e. The van der Waals surface area contributed by atoms with Crippen LogP contribution < -0.4 is 0 Å². The van der Waals surface area contributed by atoms with Crippen molar-refractivity contribution in [2.24, 2.45) is 16.7 Å². The maximum atomic E-state index is 14.1. The fourth-order valence-corrected chi connectivity index (χ4v) is 5.75. The molecular weight excluding hydrogens is 416 g/mol. The number of ether oxygens (including phenoxy) is 2. The summed E-state index contributed by atoms with van der Waals surface area (Å²) in [5.74, 6) is -2.46. The highest BCUT2D eigenvalue weighted by atomic mass is 16.6. The maximum absolute atomic E-state index is 14.1. The van der Waals surface area contributed by atoms with Gasteiger partial charge in [0.2, 0.25) is 0 Å². The van der Waals surface area contributed by atoms with Crippen LogP contribution in [0.25, 0.3) is 0 Å². The molecule has 186 valence electrons. The van der Waals surface area contributed by atoms with E-state index in [0.29, 0.717) is 37.0 Å². The smallest absolute Gasteiger partial charge is 0.189 e. The van der Waals surface area contributed by atoms with Gasteiger partial charge in [-0.15, -0.1) is 0 Å². The summed E-state index contributed by atoms with van der Waals surface area (Å²) in [6.07, 6.45) is 7.73. The van der Waals surface area contributed by atoms with Crippen LogP contribution in [0, 0.1) is 16.7 Å². The number of Topliss-reactive ketones (excluding diaryl/α,β-unsaturated/α-hetero) is 1. The normalized spacial score (nSPS) is 33.5. The van der Waals surface area contributed by atoms with Gasteiger partial charge >= 0.3 is 0 Å². The molecule has 2 aliphatic rings. The number of aliphatic hydroxyl groups is 2. The summed E-state index contributed by atoms with van der Waals surface area (Å²) in [4.78, 5) is 14.1. The maximum Gasteiger partial charge on any atom is 0.189 e. The van der Waals surface area contributed by atoms with E-state index in [2.05, 4.69) is 6.08 Å². The lowest BCUT2D eigenvalue weighted by Crippen LogP contribution is -2.71. The molecule has 5 heteroatoms. The average molecular weight is 461 g/mol. The Kier molecular flexibility index (Phi) is 8.59. The largest absolute Gasteiger partial charge is 0.500 e. The molecule has 0 aromatic heterocycles. The second-order valence-electron chi connectivity index (χ2n) is 10.8. The highest BCUT2D eigenvalue weighted by Gasteiger charge is 2.73. The van der Waals surface area contributed by atoms with E-state index in [1.807, 2.05) is 60.6 Å². The number of rotatable bonds is 9. The zero-order valence-electron chi connectivity index (χ0n) is 22.0. The van der Waals surface area contributed by atoms with Gasteiger partial charge in [-0.2, -0.15) is 0 Å². The summed E-state index contributed by atoms with van der Waals surface area (Å²) >= 11 is 0. The van der Waals surface area contributed by atoms with E-state index < -0.39 is 28.6 Å². The standard InChI is InChI=1S/C28H44O5/c1-18(2)11-10-15-26(7)22(29)17-27(16-14-20(5)6)25(32-8)21(13-12-19(3)4)23(30)24(26)28(27,31)33-9/h11-12,14,22,24,29,31H,10,13,15-17H2,1-9H3/t22?,24?,26?,27?,28-/m0/s1. The second-order valence-corrected chi connectivity index (χ2v) is 10.8. The van der Waals surface area contributed by atoms with Gasteiger partial charge in [0.05, 0.1) is 24.5 Å². The lowest BCUT2D eigenvalue weighted by molar-refractivity contribution is -0.337. The number of aliphatic hydroxyl groups excluding tert-OH is 1. The van der Waals surface area contributed by atoms with Crippen molar-refractivity contribution in [2.45, 2.75) is 92.5 Å². The van der Waals surface area contributed by atoms with Crippen molar-refractivity contribution in [2.75, 3.05) is 14.2 Å². The van der Waals surface area contributed by atoms with E-state index >= 15 is 0 Å². The predicted octanol–water partition coefficient (Wildman–Crippen LogP) is 5.64. The van der Waals surface area contributed by atoms with E-state index in [1.165, 1.54) is 12.7 Å². The van der Waals surface area contributed by atoms with Crippen molar-refractivity contribution in [3.8, 4) is 0 Å². The molecule has 0 saturated heterocycles. The molecule has 5 nitrogen and oxygen atoms in total. The molecule has 1 saturated carbocycles. The van der Waals surface area contributed by atoms with E-state index in [4.69, 9.17) is 9.47 Å². The molecule has 1 fully saturated rings. The Hall–Kier alpha value is -1.69. The van der Waals surface area contributed by atoms with Gasteiger partial charge in [-0.3, -0.25) is 4.79 Å². The van der Waals surface area contributed by atoms with Gasteiger partial charge in [0, 0.05) is 18.1 Å². The van der Waals surface area contributed by atoms with Crippen LogP contribution in [-0.4, -0.2) is 42.1 Å². The first-order chi connectivity index (χ1) is 15.3. The zero-order chi connectivity index (χ0) is 25.2. The Bertz CT molecular complexity index is 867. The van der Waals surface area contributed by atoms with Gasteiger partial charge in [0.1, 0.15) is 5.76 Å². The Morgan fingerprint density at radius 2 is 1.61 bits per heavy atom. The van der Waals surface area contributed by atoms with E-state index in [-0.39, 0.29) is 12.2 Å². The molecule has 0 spiro atoms. The summed E-state index contributed by atoms with van der Waals surface area (Å²) in [5.41, 5.74) is 2.04. The monoisotopic (exact) mass is 460 g/mol. The van der Waals surface area contributed by atoms with Crippen molar-refractivity contribution in [3.63, 3.8) is 0 Å². The van der Waals surface area contributed by atoms with Crippen molar-refractivity contribution in [1.29, 1.82) is 0 Å². The first-order valence-corrected chi connectivity index (χ1v) is 12.0. The summed E-state index contributed by atoms with van der Waals surface area (Å²) in [6, 6.07) is 0. The van der Waals surface area contributed by atoms with Crippen LogP contribution in [0.1, 0.15) is 80.6 Å². The quantitative estimate of drug-likeness (QED) is 0.344. The molecule has 0 radical (unpaired) electrons. The molecule has 2 rings (SSSR count).